The molecular formula is C22H21F2N2O5S2+. The average molecular weight is 496 g/mol. The molecule has 0 radical (unpaired) electrons. The third kappa shape index (κ3) is 5.21. The van der Waals surface area contributed by atoms with Crippen LogP contribution in [0.25, 0.3) is 11.1 Å². The molecule has 1 saturated heterocycles. The van der Waals surface area contributed by atoms with Gasteiger partial charge in [0.25, 0.3) is 0 Å². The van der Waals surface area contributed by atoms with Crippen molar-refractivity contribution < 1.29 is 32.4 Å². The Kier molecular flexibility index (Phi) is 7.01. The van der Waals surface area contributed by atoms with Gasteiger partial charge in [-0.2, -0.15) is 0 Å². The van der Waals surface area contributed by atoms with Crippen molar-refractivity contribution >= 4 is 28.3 Å². The first-order chi connectivity index (χ1) is 15.9. The molecule has 1 aliphatic rings. The smallest absolute Gasteiger partial charge is 0.325 e. The lowest BCUT2D eigenvalue weighted by Gasteiger charge is -2.12. The molecule has 1 unspecified atom stereocenters. The monoisotopic (exact) mass is 495 g/mol. The Morgan fingerprint density at radius 3 is 2.70 bits per heavy atom. The Balaban J connectivity index is 1.39. The summed E-state index contributed by atoms with van der Waals surface area (Å²) in [5, 5.41) is 11.8. The summed E-state index contributed by atoms with van der Waals surface area (Å²) in [4.78, 5) is 15.8. The van der Waals surface area contributed by atoms with E-state index in [1.807, 2.05) is 0 Å². The predicted molar refractivity (Wildman–Crippen MR) is 121 cm³/mol. The van der Waals surface area contributed by atoms with Crippen LogP contribution in [0.1, 0.15) is 17.1 Å². The molecule has 4 rings (SSSR count). The van der Waals surface area contributed by atoms with Crippen LogP contribution >= 0.6 is 11.3 Å². The number of nitrogens with zero attached hydrogens (tertiary/aromatic N) is 2. The third-order valence-corrected chi connectivity index (χ3v) is 7.72. The molecule has 2 aromatic carbocycles. The van der Waals surface area contributed by atoms with Crippen LogP contribution in [0.5, 0.6) is 11.5 Å². The highest BCUT2D eigenvalue weighted by Gasteiger charge is 2.41. The lowest BCUT2D eigenvalue weighted by atomic mass is 10.0. The van der Waals surface area contributed by atoms with Crippen LogP contribution in [0.4, 0.5) is 8.78 Å². The lowest BCUT2D eigenvalue weighted by Crippen LogP contribution is -2.35. The van der Waals surface area contributed by atoms with Crippen LogP contribution in [-0.2, 0) is 33.1 Å². The van der Waals surface area contributed by atoms with E-state index in [1.165, 1.54) is 22.8 Å². The first-order valence-electron chi connectivity index (χ1n) is 9.99. The van der Waals surface area contributed by atoms with E-state index in [4.69, 9.17) is 9.47 Å². The van der Waals surface area contributed by atoms with E-state index >= 15 is 0 Å². The van der Waals surface area contributed by atoms with Crippen LogP contribution in [0.2, 0.25) is 0 Å². The van der Waals surface area contributed by atoms with E-state index < -0.39 is 34.6 Å². The number of carboxylic acid groups (broad SMARTS) is 1. The molecule has 33 heavy (non-hydrogen) atoms. The summed E-state index contributed by atoms with van der Waals surface area (Å²) in [7, 11) is -0.318. The number of ether oxygens (including phenoxy) is 2. The van der Waals surface area contributed by atoms with Crippen molar-refractivity contribution in [3.05, 3.63) is 64.1 Å². The van der Waals surface area contributed by atoms with Crippen molar-refractivity contribution in [2.45, 2.75) is 25.6 Å². The molecular weight excluding hydrogens is 474 g/mol. The van der Waals surface area contributed by atoms with Gasteiger partial charge >= 0.3 is 5.97 Å². The number of aliphatic carboxylic acids is 1. The van der Waals surface area contributed by atoms with E-state index in [2.05, 4.69) is 4.98 Å². The lowest BCUT2D eigenvalue weighted by molar-refractivity contribution is -0.141. The number of halogens is 2. The minimum absolute atomic E-state index is 0.201. The van der Waals surface area contributed by atoms with Crippen LogP contribution < -0.4 is 9.47 Å². The number of carboxylic acids is 1. The highest BCUT2D eigenvalue weighted by Crippen LogP contribution is 2.33. The average Bonchev–Trinajstić information content (AvgIpc) is 3.41. The van der Waals surface area contributed by atoms with Crippen molar-refractivity contribution in [2.24, 2.45) is 0 Å². The Morgan fingerprint density at radius 1 is 1.27 bits per heavy atom. The molecule has 174 valence electrons. The number of hydrogen-bond acceptors (Lipinski definition) is 6. The van der Waals surface area contributed by atoms with Crippen molar-refractivity contribution in [1.82, 2.24) is 9.29 Å². The zero-order valence-corrected chi connectivity index (χ0v) is 19.2. The van der Waals surface area contributed by atoms with Gasteiger partial charge in [0.05, 0.1) is 19.3 Å². The summed E-state index contributed by atoms with van der Waals surface area (Å²) < 4.78 is 51.7. The molecule has 0 spiro atoms. The van der Waals surface area contributed by atoms with E-state index in [-0.39, 0.29) is 18.9 Å². The molecule has 1 aromatic heterocycles. The third-order valence-electron chi connectivity index (χ3n) is 5.22. The first-order valence-corrected chi connectivity index (χ1v) is 12.3. The zero-order chi connectivity index (χ0) is 23.5. The molecule has 7 nitrogen and oxygen atoms in total. The van der Waals surface area contributed by atoms with Crippen molar-refractivity contribution in [3.63, 3.8) is 0 Å². The highest BCUT2D eigenvalue weighted by molar-refractivity contribution is 7.82. The number of thiol groups is 1. The summed E-state index contributed by atoms with van der Waals surface area (Å²) in [6, 6.07) is 8.19. The fraction of sp³-hybridized carbons (Fsp3) is 0.273. The van der Waals surface area contributed by atoms with E-state index in [9.17, 15) is 22.9 Å². The summed E-state index contributed by atoms with van der Waals surface area (Å²) >= 11 is 1.37. The molecule has 11 heteroatoms. The van der Waals surface area contributed by atoms with Crippen LogP contribution in [0.3, 0.4) is 0 Å². The van der Waals surface area contributed by atoms with Gasteiger partial charge in [-0.1, -0.05) is 16.3 Å². The van der Waals surface area contributed by atoms with Gasteiger partial charge < -0.3 is 14.6 Å². The maximum Gasteiger partial charge on any atom is 0.325 e. The van der Waals surface area contributed by atoms with Crippen molar-refractivity contribution in [2.75, 3.05) is 12.9 Å². The summed E-state index contributed by atoms with van der Waals surface area (Å²) in [5.41, 5.74) is 1.71. The Labute approximate surface area is 195 Å². The van der Waals surface area contributed by atoms with Gasteiger partial charge in [0.1, 0.15) is 39.9 Å². The number of benzene rings is 2. The van der Waals surface area contributed by atoms with E-state index in [1.54, 1.807) is 29.6 Å². The largest absolute Gasteiger partial charge is 0.496 e. The maximum absolute atomic E-state index is 13.7. The number of methoxy groups -OCH3 is 1. The summed E-state index contributed by atoms with van der Waals surface area (Å²) in [6.07, 6.45) is 0.372. The number of aromatic nitrogens is 1. The quantitative estimate of drug-likeness (QED) is 0.376. The molecule has 0 saturated carbocycles. The molecule has 0 amide bonds. The SMILES string of the molecule is COc1cc(F)c(F)cc1-c1ccc(OCc2nc(CN3[C@H](C(=O)O)CC[SH+]3=O)cs2)cc1. The minimum atomic E-state index is -1.71. The Bertz CT molecular complexity index is 1190. The van der Waals surface area contributed by atoms with Gasteiger partial charge in [-0.05, 0) is 23.8 Å². The fourth-order valence-electron chi connectivity index (χ4n) is 3.56. The maximum atomic E-state index is 13.7. The summed E-state index contributed by atoms with van der Waals surface area (Å²) in [5.74, 6) is -1.75. The molecule has 2 heterocycles. The van der Waals surface area contributed by atoms with Gasteiger partial charge in [-0.15, -0.1) is 15.6 Å². The van der Waals surface area contributed by atoms with Gasteiger partial charge in [-0.25, -0.2) is 13.8 Å². The zero-order valence-electron chi connectivity index (χ0n) is 17.5. The van der Waals surface area contributed by atoms with Crippen LogP contribution in [0, 0.1) is 11.6 Å². The second-order valence-electron chi connectivity index (χ2n) is 7.33. The molecule has 1 fully saturated rings. The number of thiazole rings is 1. The molecule has 1 N–H and O–H groups in total. The second-order valence-corrected chi connectivity index (χ2v) is 9.94. The van der Waals surface area contributed by atoms with Gasteiger partial charge in [0.2, 0.25) is 0 Å². The second kappa shape index (κ2) is 9.94. The summed E-state index contributed by atoms with van der Waals surface area (Å²) in [6.45, 7) is 0.417. The topological polar surface area (TPSA) is 89.0 Å². The highest BCUT2D eigenvalue weighted by atomic mass is 32.2. The first kappa shape index (κ1) is 23.3. The van der Waals surface area contributed by atoms with E-state index in [0.29, 0.717) is 39.8 Å². The van der Waals surface area contributed by atoms with Crippen LogP contribution in [-0.4, -0.2) is 39.3 Å². The number of rotatable bonds is 8. The van der Waals surface area contributed by atoms with Crippen molar-refractivity contribution in [3.8, 4) is 22.6 Å². The molecule has 3 aromatic rings. The molecule has 1 aliphatic heterocycles. The number of carbonyl (C=O) groups is 1. The van der Waals surface area contributed by atoms with Gasteiger partial charge in [0, 0.05) is 23.4 Å². The molecule has 2 atom stereocenters. The van der Waals surface area contributed by atoms with Crippen molar-refractivity contribution in [1.29, 1.82) is 0 Å². The van der Waals surface area contributed by atoms with Gasteiger partial charge in [-0.3, -0.25) is 4.79 Å². The molecule has 0 aliphatic carbocycles. The minimum Gasteiger partial charge on any atom is -0.496 e. The Hall–Kier alpha value is -2.89. The Morgan fingerprint density at radius 2 is 2.00 bits per heavy atom. The standard InChI is InChI=1S/C22H20F2N2O5S2/c1-30-20-9-18(24)17(23)8-16(20)13-2-4-15(5-3-13)31-11-21-25-14(12-32-21)10-26-19(22(27)28)6-7-33(26)29/h2-5,8-9,12,19H,6-7,10-11H2,1H3,(H,27,28)/p+1/t19-,33?/m0/s1. The molecule has 0 bridgehead atoms. The van der Waals surface area contributed by atoms with E-state index in [0.717, 1.165) is 12.1 Å². The van der Waals surface area contributed by atoms with Gasteiger partial charge in [0.15, 0.2) is 17.7 Å². The fourth-order valence-corrected chi connectivity index (χ4v) is 5.80. The normalized spacial score (nSPS) is 18.4. The predicted octanol–water partition coefficient (Wildman–Crippen LogP) is 3.95. The number of hydrogen-bond donors (Lipinski definition) is 1. The van der Waals surface area contributed by atoms with Crippen LogP contribution in [0.15, 0.2) is 41.8 Å².